The highest BCUT2D eigenvalue weighted by atomic mass is 16.5. The molecule has 7 N–H and O–H groups in total. The van der Waals surface area contributed by atoms with Gasteiger partial charge in [-0.3, -0.25) is 28.8 Å². The van der Waals surface area contributed by atoms with Crippen molar-refractivity contribution in [2.45, 2.75) is 77.8 Å². The van der Waals surface area contributed by atoms with Gasteiger partial charge in [-0.15, -0.1) is 0 Å². The van der Waals surface area contributed by atoms with Gasteiger partial charge in [0.05, 0.1) is 18.4 Å². The van der Waals surface area contributed by atoms with E-state index in [1.54, 1.807) is 55.5 Å². The third-order valence-electron chi connectivity index (χ3n) is 11.3. The maximum atomic E-state index is 14.6. The molecule has 1 heterocycles. The van der Waals surface area contributed by atoms with E-state index < -0.39 is 47.3 Å². The third-order valence-corrected chi connectivity index (χ3v) is 11.3. The van der Waals surface area contributed by atoms with E-state index in [0.717, 1.165) is 30.4 Å². The van der Waals surface area contributed by atoms with E-state index >= 15 is 0 Å². The molecule has 4 aromatic rings. The Kier molecular flexibility index (Phi) is 17.4. The van der Waals surface area contributed by atoms with Crippen molar-refractivity contribution in [3.8, 4) is 33.8 Å². The molecule has 0 aromatic heterocycles. The molecule has 0 fully saturated rings. The summed E-state index contributed by atoms with van der Waals surface area (Å²) in [5.74, 6) is -3.74. The zero-order valence-corrected chi connectivity index (χ0v) is 36.8. The van der Waals surface area contributed by atoms with Gasteiger partial charge in [0.1, 0.15) is 36.5 Å². The molecule has 4 atom stereocenters. The topological polar surface area (TPSA) is 214 Å². The van der Waals surface area contributed by atoms with Crippen molar-refractivity contribution < 1.29 is 38.2 Å². The van der Waals surface area contributed by atoms with Crippen LogP contribution in [0.25, 0.3) is 22.3 Å². The molecule has 0 saturated heterocycles. The van der Waals surface area contributed by atoms with Crippen molar-refractivity contribution in [3.05, 3.63) is 107 Å². The van der Waals surface area contributed by atoms with Crippen LogP contribution in [-0.2, 0) is 36.8 Å². The molecule has 1 aliphatic heterocycles. The number of hydrogen-bond acceptors (Lipinski definition) is 11. The van der Waals surface area contributed by atoms with Gasteiger partial charge in [0.2, 0.25) is 11.8 Å². The molecular formula is C50H61N5O8. The number of nitrogens with one attached hydrogen (secondary N) is 1. The average Bonchev–Trinajstić information content (AvgIpc) is 3.28. The molecule has 0 radical (unpaired) electrons. The summed E-state index contributed by atoms with van der Waals surface area (Å²) in [6.07, 6.45) is 2.44. The Morgan fingerprint density at radius 3 is 2.00 bits per heavy atom. The number of benzene rings is 4. The van der Waals surface area contributed by atoms with Crippen LogP contribution >= 0.6 is 0 Å². The van der Waals surface area contributed by atoms with E-state index in [2.05, 4.69) is 36.5 Å². The molecule has 0 aliphatic carbocycles. The number of ether oxygens (including phenoxy) is 2. The van der Waals surface area contributed by atoms with Crippen molar-refractivity contribution in [2.75, 3.05) is 39.9 Å². The second kappa shape index (κ2) is 22.9. The second-order valence-corrected chi connectivity index (χ2v) is 16.3. The van der Waals surface area contributed by atoms with E-state index in [4.69, 9.17) is 26.7 Å². The Morgan fingerprint density at radius 1 is 0.810 bits per heavy atom. The number of carbonyl (C=O) groups excluding carboxylic acids is 6. The summed E-state index contributed by atoms with van der Waals surface area (Å²) < 4.78 is 12.2. The predicted molar refractivity (Wildman–Crippen MR) is 243 cm³/mol. The van der Waals surface area contributed by atoms with Gasteiger partial charge < -0.3 is 36.9 Å². The Morgan fingerprint density at radius 2 is 1.41 bits per heavy atom. The van der Waals surface area contributed by atoms with Gasteiger partial charge in [-0.05, 0) is 78.3 Å². The number of unbranched alkanes of at least 4 members (excludes halogenated alkanes) is 1. The van der Waals surface area contributed by atoms with Crippen LogP contribution in [0.1, 0.15) is 86.0 Å². The normalized spacial score (nSPS) is 16.9. The molecule has 0 unspecified atom stereocenters. The van der Waals surface area contributed by atoms with Crippen LogP contribution in [0, 0.1) is 11.8 Å². The number of fused-ring (bicyclic) bond motifs is 5. The molecule has 0 spiro atoms. The van der Waals surface area contributed by atoms with Crippen LogP contribution in [0.15, 0.2) is 84.9 Å². The number of hydrogen-bond donors (Lipinski definition) is 4. The maximum Gasteiger partial charge on any atom is 0.228 e. The average molecular weight is 860 g/mol. The van der Waals surface area contributed by atoms with Crippen LogP contribution in [0.4, 0.5) is 0 Å². The van der Waals surface area contributed by atoms with Crippen LogP contribution in [-0.4, -0.2) is 85.8 Å². The number of ketones is 4. The fourth-order valence-electron chi connectivity index (χ4n) is 7.85. The lowest BCUT2D eigenvalue weighted by molar-refractivity contribution is -0.142. The number of rotatable bonds is 19. The van der Waals surface area contributed by atoms with Gasteiger partial charge in [0, 0.05) is 62.1 Å². The molecule has 63 heavy (non-hydrogen) atoms. The standard InChI is InChI=1S/C50H61N5O8/c1-5-6-7-33-8-11-35(12-9-33)36-13-15-37(16-14-36)43(57)29-39(30-53)50(61)55(4)48-38-17-19-47(63-23-21-52)41(28-38)40-26-34(10-18-46(40)62-22-20-51)27-42(44(58)25-32(3)56)54-49(60)31(2)24-45(48)59/h8-19,26,28,31,39,42,48H,5-7,20-25,27,29-30,51-53H2,1-4H3,(H,54,60)/t31-,39+,42+,48+/m1/s1. The van der Waals surface area contributed by atoms with Crippen LogP contribution in [0.2, 0.25) is 0 Å². The molecule has 0 saturated carbocycles. The van der Waals surface area contributed by atoms with E-state index in [-0.39, 0.29) is 70.1 Å². The lowest BCUT2D eigenvalue weighted by atomic mass is 9.88. The highest BCUT2D eigenvalue weighted by Gasteiger charge is 2.36. The quantitative estimate of drug-likeness (QED) is 0.0676. The summed E-state index contributed by atoms with van der Waals surface area (Å²) in [6, 6.07) is 23.7. The van der Waals surface area contributed by atoms with Gasteiger partial charge >= 0.3 is 0 Å². The smallest absolute Gasteiger partial charge is 0.228 e. The SMILES string of the molecule is CCCCc1ccc(-c2ccc(C(=O)C[C@@H](CN)C(=O)N(C)[C@@H]3C(=O)C[C@@H](C)C(=O)N[C@H](C(=O)CC(C)=O)Cc4ccc(OCCN)c(c4)-c4cc3ccc4OCCN)cc2)cc1. The van der Waals surface area contributed by atoms with Crippen molar-refractivity contribution in [1.29, 1.82) is 0 Å². The first kappa shape index (κ1) is 48.0. The minimum absolute atomic E-state index is 0.0531. The lowest BCUT2D eigenvalue weighted by Gasteiger charge is -2.32. The van der Waals surface area contributed by atoms with E-state index in [1.165, 1.54) is 24.4 Å². The largest absolute Gasteiger partial charge is 0.492 e. The van der Waals surface area contributed by atoms with Crippen molar-refractivity contribution in [1.82, 2.24) is 10.2 Å². The second-order valence-electron chi connectivity index (χ2n) is 16.3. The van der Waals surface area contributed by atoms with Gasteiger partial charge in [-0.1, -0.05) is 80.9 Å². The highest BCUT2D eigenvalue weighted by Crippen LogP contribution is 2.41. The van der Waals surface area contributed by atoms with Crippen LogP contribution < -0.4 is 32.0 Å². The van der Waals surface area contributed by atoms with Gasteiger partial charge in [0.25, 0.3) is 0 Å². The van der Waals surface area contributed by atoms with Crippen molar-refractivity contribution in [2.24, 2.45) is 29.0 Å². The van der Waals surface area contributed by atoms with Crippen molar-refractivity contribution >= 4 is 34.9 Å². The first-order chi connectivity index (χ1) is 30.3. The molecule has 1 aliphatic rings. The summed E-state index contributed by atoms with van der Waals surface area (Å²) in [6.45, 7) is 5.64. The van der Waals surface area contributed by atoms with Crippen LogP contribution in [0.5, 0.6) is 11.5 Å². The third kappa shape index (κ3) is 12.6. The van der Waals surface area contributed by atoms with Crippen LogP contribution in [0.3, 0.4) is 0 Å². The first-order valence-corrected chi connectivity index (χ1v) is 21.8. The van der Waals surface area contributed by atoms with Gasteiger partial charge in [-0.25, -0.2) is 0 Å². The fourth-order valence-corrected chi connectivity index (χ4v) is 7.85. The molecule has 13 heteroatoms. The van der Waals surface area contributed by atoms with E-state index in [0.29, 0.717) is 39.3 Å². The highest BCUT2D eigenvalue weighted by molar-refractivity contribution is 6.03. The number of carbonyl (C=O) groups is 6. The Bertz CT molecular complexity index is 2260. The van der Waals surface area contributed by atoms with Crippen molar-refractivity contribution in [3.63, 3.8) is 0 Å². The van der Waals surface area contributed by atoms with E-state index in [9.17, 15) is 28.8 Å². The number of amides is 2. The van der Waals surface area contributed by atoms with Gasteiger partial charge in [0.15, 0.2) is 17.3 Å². The number of nitrogens with zero attached hydrogens (tertiary/aromatic N) is 1. The molecule has 4 aromatic carbocycles. The number of nitrogens with two attached hydrogens (primary N) is 3. The summed E-state index contributed by atoms with van der Waals surface area (Å²) in [4.78, 5) is 83.3. The zero-order valence-electron chi connectivity index (χ0n) is 36.8. The molecule has 5 rings (SSSR count). The zero-order chi connectivity index (χ0) is 45.6. The lowest BCUT2D eigenvalue weighted by Crippen LogP contribution is -2.46. The minimum Gasteiger partial charge on any atom is -0.492 e. The summed E-state index contributed by atoms with van der Waals surface area (Å²) in [7, 11) is 1.49. The molecule has 4 bridgehead atoms. The molecule has 13 nitrogen and oxygen atoms in total. The summed E-state index contributed by atoms with van der Waals surface area (Å²) >= 11 is 0. The molecular weight excluding hydrogens is 799 g/mol. The summed E-state index contributed by atoms with van der Waals surface area (Å²) in [5.41, 5.74) is 23.7. The monoisotopic (exact) mass is 859 g/mol. The number of Topliss-reactive ketones (excluding diaryl/α,β-unsaturated/α-hetero) is 4. The fraction of sp³-hybridized carbons (Fsp3) is 0.400. The first-order valence-electron chi connectivity index (χ1n) is 21.8. The number of likely N-dealkylation sites (N-methyl/N-ethyl adjacent to an activating group) is 1. The summed E-state index contributed by atoms with van der Waals surface area (Å²) in [5, 5.41) is 2.79. The predicted octanol–water partition coefficient (Wildman–Crippen LogP) is 5.57. The van der Waals surface area contributed by atoms with E-state index in [1.807, 2.05) is 12.1 Å². The van der Waals surface area contributed by atoms with Gasteiger partial charge in [-0.2, -0.15) is 0 Å². The maximum absolute atomic E-state index is 14.6. The Labute approximate surface area is 370 Å². The Hall–Kier alpha value is -6.02. The number of aryl methyl sites for hydroxylation is 1. The minimum atomic E-state index is -1.23. The molecule has 2 amide bonds. The Balaban J connectivity index is 1.51. The molecule has 334 valence electrons.